The Morgan fingerprint density at radius 2 is 1.33 bits per heavy atom. The molecule has 0 fully saturated rings. The lowest BCUT2D eigenvalue weighted by Gasteiger charge is -2.47. The summed E-state index contributed by atoms with van der Waals surface area (Å²) in [5.74, 6) is 11.8. The molecule has 0 bridgehead atoms. The van der Waals surface area contributed by atoms with Crippen LogP contribution in [0.3, 0.4) is 0 Å². The van der Waals surface area contributed by atoms with Gasteiger partial charge in [0.15, 0.2) is 0 Å². The molecule has 0 saturated heterocycles. The minimum atomic E-state index is -0.193. The fourth-order valence-corrected chi connectivity index (χ4v) is 1.04. The van der Waals surface area contributed by atoms with Gasteiger partial charge >= 0.3 is 0 Å². The summed E-state index contributed by atoms with van der Waals surface area (Å²) in [7, 11) is 0. The van der Waals surface area contributed by atoms with E-state index >= 15 is 0 Å². The summed E-state index contributed by atoms with van der Waals surface area (Å²) in [6, 6.07) is 0. The maximum absolute atomic E-state index is 5.61. The third-order valence-electron chi connectivity index (χ3n) is 3.67. The van der Waals surface area contributed by atoms with Crippen LogP contribution in [-0.2, 0) is 0 Å². The number of hydrogen-bond donors (Lipinski definition) is 2. The fraction of sp³-hybridized carbons (Fsp3) is 1.00. The van der Waals surface area contributed by atoms with E-state index in [4.69, 9.17) is 11.7 Å². The molecular formula is C9H23N3. The van der Waals surface area contributed by atoms with Crippen LogP contribution >= 0.6 is 0 Å². The SMILES string of the molecule is CC(C)C(C)(C)C(C)(C)N(N)N. The molecule has 0 rings (SSSR count). The van der Waals surface area contributed by atoms with Crippen molar-refractivity contribution in [3.63, 3.8) is 0 Å². The minimum Gasteiger partial charge on any atom is -0.255 e. The van der Waals surface area contributed by atoms with Gasteiger partial charge in [-0.2, -0.15) is 5.12 Å². The lowest BCUT2D eigenvalue weighted by molar-refractivity contribution is -0.0197. The summed E-state index contributed by atoms with van der Waals surface area (Å²) >= 11 is 0. The molecule has 0 amide bonds. The summed E-state index contributed by atoms with van der Waals surface area (Å²) < 4.78 is 0. The van der Waals surface area contributed by atoms with Crippen LogP contribution in [0.1, 0.15) is 41.5 Å². The second-order valence-corrected chi connectivity index (χ2v) is 4.84. The zero-order valence-corrected chi connectivity index (χ0v) is 9.18. The number of hydrogen-bond acceptors (Lipinski definition) is 3. The highest BCUT2D eigenvalue weighted by Gasteiger charge is 2.41. The topological polar surface area (TPSA) is 55.3 Å². The van der Waals surface area contributed by atoms with Crippen molar-refractivity contribution >= 4 is 0 Å². The van der Waals surface area contributed by atoms with Crippen molar-refractivity contribution in [2.24, 2.45) is 23.0 Å². The summed E-state index contributed by atoms with van der Waals surface area (Å²) in [6.07, 6.45) is 0. The zero-order valence-electron chi connectivity index (χ0n) is 9.18. The highest BCUT2D eigenvalue weighted by Crippen LogP contribution is 2.39. The van der Waals surface area contributed by atoms with E-state index in [9.17, 15) is 0 Å². The molecule has 0 spiro atoms. The van der Waals surface area contributed by atoms with E-state index in [0.29, 0.717) is 5.92 Å². The molecule has 0 aliphatic carbocycles. The average Bonchev–Trinajstić information content (AvgIpc) is 1.86. The van der Waals surface area contributed by atoms with Crippen LogP contribution in [0.5, 0.6) is 0 Å². The monoisotopic (exact) mass is 173 g/mol. The van der Waals surface area contributed by atoms with Crippen LogP contribution in [0.15, 0.2) is 0 Å². The molecule has 0 heterocycles. The molecule has 0 atom stereocenters. The summed E-state index contributed by atoms with van der Waals surface area (Å²) in [4.78, 5) is 0. The molecule has 0 aliphatic heterocycles. The third kappa shape index (κ3) is 1.79. The molecule has 0 radical (unpaired) electrons. The smallest absolute Gasteiger partial charge is 0.0502 e. The highest BCUT2D eigenvalue weighted by atomic mass is 15.6. The van der Waals surface area contributed by atoms with E-state index in [1.807, 2.05) is 0 Å². The third-order valence-corrected chi connectivity index (χ3v) is 3.67. The first kappa shape index (κ1) is 11.9. The van der Waals surface area contributed by atoms with Crippen molar-refractivity contribution in [3.05, 3.63) is 0 Å². The molecule has 0 aliphatic rings. The van der Waals surface area contributed by atoms with Gasteiger partial charge in [0.05, 0.1) is 5.54 Å². The van der Waals surface area contributed by atoms with E-state index < -0.39 is 0 Å². The average molecular weight is 173 g/mol. The summed E-state index contributed by atoms with van der Waals surface area (Å²) in [5.41, 5.74) is -0.0995. The van der Waals surface area contributed by atoms with Gasteiger partial charge in [-0.25, -0.2) is 0 Å². The highest BCUT2D eigenvalue weighted by molar-refractivity contribution is 4.93. The molecule has 0 aromatic heterocycles. The molecule has 0 aromatic carbocycles. The van der Waals surface area contributed by atoms with Gasteiger partial charge in [-0.1, -0.05) is 27.7 Å². The van der Waals surface area contributed by atoms with Gasteiger partial charge in [0.2, 0.25) is 0 Å². The first-order valence-electron chi connectivity index (χ1n) is 4.43. The number of rotatable bonds is 3. The maximum Gasteiger partial charge on any atom is 0.0502 e. The van der Waals surface area contributed by atoms with E-state index in [-0.39, 0.29) is 11.0 Å². The first-order valence-corrected chi connectivity index (χ1v) is 4.43. The lowest BCUT2D eigenvalue weighted by atomic mass is 9.67. The van der Waals surface area contributed by atoms with Gasteiger partial charge in [-0.15, -0.1) is 0 Å². The minimum absolute atomic E-state index is 0.0938. The van der Waals surface area contributed by atoms with Gasteiger partial charge in [0.25, 0.3) is 0 Å². The first-order chi connectivity index (χ1) is 5.14. The predicted octanol–water partition coefficient (Wildman–Crippen LogP) is 1.50. The van der Waals surface area contributed by atoms with E-state index in [0.717, 1.165) is 0 Å². The van der Waals surface area contributed by atoms with Gasteiger partial charge in [-0.05, 0) is 25.2 Å². The summed E-state index contributed by atoms with van der Waals surface area (Å²) in [5, 5.41) is 1.31. The Balaban J connectivity index is 4.75. The number of nitrogens with two attached hydrogens (primary N) is 2. The molecule has 0 unspecified atom stereocenters. The van der Waals surface area contributed by atoms with E-state index in [1.54, 1.807) is 0 Å². The Morgan fingerprint density at radius 3 is 1.42 bits per heavy atom. The van der Waals surface area contributed by atoms with Gasteiger partial charge in [-0.3, -0.25) is 11.7 Å². The van der Waals surface area contributed by atoms with Crippen molar-refractivity contribution in [1.82, 2.24) is 5.12 Å². The van der Waals surface area contributed by atoms with Gasteiger partial charge < -0.3 is 0 Å². The molecule has 3 nitrogen and oxygen atoms in total. The standard InChI is InChI=1S/C9H23N3/c1-7(2)8(3,4)9(5,6)12(10)11/h7H,10-11H2,1-6H3. The quantitative estimate of drug-likeness (QED) is 0.502. The lowest BCUT2D eigenvalue weighted by Crippen LogP contribution is -2.62. The number of nitrogens with zero attached hydrogens (tertiary/aromatic N) is 1. The zero-order chi connectivity index (χ0) is 10.2. The van der Waals surface area contributed by atoms with Crippen LogP contribution < -0.4 is 11.7 Å². The van der Waals surface area contributed by atoms with E-state index in [1.165, 1.54) is 5.12 Å². The van der Waals surface area contributed by atoms with Crippen molar-refractivity contribution < 1.29 is 0 Å². The summed E-state index contributed by atoms with van der Waals surface area (Å²) in [6.45, 7) is 12.9. The van der Waals surface area contributed by atoms with Crippen LogP contribution in [0.2, 0.25) is 0 Å². The van der Waals surface area contributed by atoms with E-state index in [2.05, 4.69) is 41.5 Å². The molecule has 4 N–H and O–H groups in total. The molecule has 3 heteroatoms. The van der Waals surface area contributed by atoms with Crippen LogP contribution in [0.25, 0.3) is 0 Å². The Kier molecular flexibility index (Phi) is 3.29. The molecule has 74 valence electrons. The van der Waals surface area contributed by atoms with Crippen LogP contribution in [0, 0.1) is 11.3 Å². The molecule has 0 saturated carbocycles. The molecule has 0 aromatic rings. The fourth-order valence-electron chi connectivity index (χ4n) is 1.04. The normalized spacial score (nSPS) is 14.5. The Labute approximate surface area is 76.0 Å². The van der Waals surface area contributed by atoms with Crippen LogP contribution in [-0.4, -0.2) is 10.7 Å². The number of hydrazine groups is 2. The van der Waals surface area contributed by atoms with Gasteiger partial charge in [0, 0.05) is 0 Å². The van der Waals surface area contributed by atoms with Crippen LogP contribution in [0.4, 0.5) is 0 Å². The maximum atomic E-state index is 5.61. The molecular weight excluding hydrogens is 150 g/mol. The van der Waals surface area contributed by atoms with Crippen molar-refractivity contribution in [3.8, 4) is 0 Å². The Hall–Kier alpha value is -0.120. The van der Waals surface area contributed by atoms with Gasteiger partial charge in [0.1, 0.15) is 0 Å². The Bertz CT molecular complexity index is 130. The van der Waals surface area contributed by atoms with Crippen molar-refractivity contribution in [2.75, 3.05) is 0 Å². The second kappa shape index (κ2) is 3.32. The van der Waals surface area contributed by atoms with Crippen molar-refractivity contribution in [2.45, 2.75) is 47.1 Å². The molecule has 12 heavy (non-hydrogen) atoms. The second-order valence-electron chi connectivity index (χ2n) is 4.84. The van der Waals surface area contributed by atoms with Crippen molar-refractivity contribution in [1.29, 1.82) is 0 Å². The largest absolute Gasteiger partial charge is 0.255 e. The Morgan fingerprint density at radius 1 is 1.00 bits per heavy atom. The predicted molar refractivity (Wildman–Crippen MR) is 52.9 cm³/mol.